The molecule has 7 heteroatoms. The van der Waals surface area contributed by atoms with Crippen molar-refractivity contribution in [2.75, 3.05) is 5.32 Å². The van der Waals surface area contributed by atoms with E-state index < -0.39 is 0 Å². The quantitative estimate of drug-likeness (QED) is 0.887. The van der Waals surface area contributed by atoms with Gasteiger partial charge in [0.25, 0.3) is 0 Å². The minimum atomic E-state index is -0.0586. The first-order valence-corrected chi connectivity index (χ1v) is 7.53. The summed E-state index contributed by atoms with van der Waals surface area (Å²) in [4.78, 5) is 11.9. The fourth-order valence-corrected chi connectivity index (χ4v) is 2.77. The third-order valence-corrected chi connectivity index (χ3v) is 3.73. The number of aryl methyl sites for hydroxylation is 4. The Morgan fingerprint density at radius 2 is 2.20 bits per heavy atom. The standard InChI is InChI=1S/C13H19N5OS/c1-4-5-12-15-16-13(20-12)14-11(19)6-7-18-10(3)8-9(2)17-18/h8H,4-7H2,1-3H3,(H,14,16,19). The fourth-order valence-electron chi connectivity index (χ4n) is 1.91. The van der Waals surface area contributed by atoms with Crippen molar-refractivity contribution in [2.45, 2.75) is 46.6 Å². The zero-order valence-electron chi connectivity index (χ0n) is 12.0. The number of hydrogen-bond donors (Lipinski definition) is 1. The van der Waals surface area contributed by atoms with Crippen LogP contribution in [0.1, 0.15) is 36.2 Å². The highest BCUT2D eigenvalue weighted by Gasteiger charge is 2.09. The molecule has 2 aromatic rings. The average Bonchev–Trinajstić information content (AvgIpc) is 2.94. The van der Waals surface area contributed by atoms with Gasteiger partial charge in [-0.2, -0.15) is 5.10 Å². The van der Waals surface area contributed by atoms with Gasteiger partial charge in [-0.05, 0) is 26.3 Å². The first-order valence-electron chi connectivity index (χ1n) is 6.71. The molecular weight excluding hydrogens is 274 g/mol. The minimum absolute atomic E-state index is 0.0586. The van der Waals surface area contributed by atoms with Crippen LogP contribution in [0, 0.1) is 13.8 Å². The summed E-state index contributed by atoms with van der Waals surface area (Å²) in [6.07, 6.45) is 2.31. The number of rotatable bonds is 6. The van der Waals surface area contributed by atoms with Gasteiger partial charge in [0.1, 0.15) is 5.01 Å². The zero-order chi connectivity index (χ0) is 14.5. The molecule has 2 heterocycles. The van der Waals surface area contributed by atoms with Gasteiger partial charge < -0.3 is 5.32 Å². The molecular formula is C13H19N5OS. The van der Waals surface area contributed by atoms with Crippen molar-refractivity contribution < 1.29 is 4.79 Å². The molecule has 2 rings (SSSR count). The van der Waals surface area contributed by atoms with Gasteiger partial charge in [-0.25, -0.2) is 0 Å². The maximum Gasteiger partial charge on any atom is 0.228 e. The molecule has 0 bridgehead atoms. The lowest BCUT2D eigenvalue weighted by Gasteiger charge is -2.03. The van der Waals surface area contributed by atoms with E-state index in [9.17, 15) is 4.79 Å². The highest BCUT2D eigenvalue weighted by atomic mass is 32.1. The Labute approximate surface area is 122 Å². The zero-order valence-corrected chi connectivity index (χ0v) is 12.8. The van der Waals surface area contributed by atoms with Crippen LogP contribution in [0.4, 0.5) is 5.13 Å². The summed E-state index contributed by atoms with van der Waals surface area (Å²) in [5, 5.41) is 16.6. The van der Waals surface area contributed by atoms with Gasteiger partial charge in [-0.3, -0.25) is 9.48 Å². The predicted molar refractivity (Wildman–Crippen MR) is 78.9 cm³/mol. The van der Waals surface area contributed by atoms with Crippen molar-refractivity contribution in [3.63, 3.8) is 0 Å². The van der Waals surface area contributed by atoms with Gasteiger partial charge >= 0.3 is 0 Å². The van der Waals surface area contributed by atoms with Crippen LogP contribution in [0.25, 0.3) is 0 Å². The van der Waals surface area contributed by atoms with Crippen LogP contribution < -0.4 is 5.32 Å². The molecule has 0 aliphatic carbocycles. The second-order valence-electron chi connectivity index (χ2n) is 4.70. The molecule has 20 heavy (non-hydrogen) atoms. The van der Waals surface area contributed by atoms with Crippen molar-refractivity contribution in [2.24, 2.45) is 0 Å². The smallest absolute Gasteiger partial charge is 0.228 e. The number of nitrogens with one attached hydrogen (secondary N) is 1. The highest BCUT2D eigenvalue weighted by molar-refractivity contribution is 7.15. The number of nitrogens with zero attached hydrogens (tertiary/aromatic N) is 4. The Morgan fingerprint density at radius 1 is 1.40 bits per heavy atom. The molecule has 0 unspecified atom stereocenters. The molecule has 0 fully saturated rings. The van der Waals surface area contributed by atoms with E-state index in [1.165, 1.54) is 11.3 Å². The van der Waals surface area contributed by atoms with E-state index in [2.05, 4.69) is 27.5 Å². The molecule has 0 spiro atoms. The van der Waals surface area contributed by atoms with Crippen LogP contribution in [0.5, 0.6) is 0 Å². The van der Waals surface area contributed by atoms with Gasteiger partial charge in [0, 0.05) is 25.1 Å². The molecule has 0 atom stereocenters. The predicted octanol–water partition coefficient (Wildman–Crippen LogP) is 2.33. The maximum absolute atomic E-state index is 11.9. The molecule has 0 radical (unpaired) electrons. The van der Waals surface area contributed by atoms with Gasteiger partial charge in [0.05, 0.1) is 5.69 Å². The Morgan fingerprint density at radius 3 is 2.85 bits per heavy atom. The summed E-state index contributed by atoms with van der Waals surface area (Å²) in [5.74, 6) is -0.0586. The summed E-state index contributed by atoms with van der Waals surface area (Å²) >= 11 is 1.44. The molecule has 0 saturated heterocycles. The van der Waals surface area contributed by atoms with Gasteiger partial charge in [0.2, 0.25) is 11.0 Å². The number of aromatic nitrogens is 4. The monoisotopic (exact) mass is 293 g/mol. The second kappa shape index (κ2) is 6.60. The third-order valence-electron chi connectivity index (χ3n) is 2.83. The minimum Gasteiger partial charge on any atom is -0.300 e. The van der Waals surface area contributed by atoms with Crippen molar-refractivity contribution in [3.8, 4) is 0 Å². The van der Waals surface area contributed by atoms with E-state index in [-0.39, 0.29) is 5.91 Å². The van der Waals surface area contributed by atoms with E-state index in [0.717, 1.165) is 29.2 Å². The molecule has 0 aromatic carbocycles. The highest BCUT2D eigenvalue weighted by Crippen LogP contribution is 2.16. The lowest BCUT2D eigenvalue weighted by Crippen LogP contribution is -2.15. The lowest BCUT2D eigenvalue weighted by molar-refractivity contribution is -0.116. The Kier molecular flexibility index (Phi) is 4.84. The molecule has 0 aliphatic rings. The van der Waals surface area contributed by atoms with Crippen LogP contribution in [-0.4, -0.2) is 25.9 Å². The van der Waals surface area contributed by atoms with E-state index in [0.29, 0.717) is 18.1 Å². The average molecular weight is 293 g/mol. The summed E-state index contributed by atoms with van der Waals surface area (Å²) < 4.78 is 1.84. The van der Waals surface area contributed by atoms with Crippen LogP contribution in [0.3, 0.4) is 0 Å². The van der Waals surface area contributed by atoms with Crippen LogP contribution in [-0.2, 0) is 17.8 Å². The van der Waals surface area contributed by atoms with Crippen LogP contribution >= 0.6 is 11.3 Å². The van der Waals surface area contributed by atoms with Crippen molar-refractivity contribution >= 4 is 22.4 Å². The number of carbonyl (C=O) groups is 1. The number of hydrogen-bond acceptors (Lipinski definition) is 5. The van der Waals surface area contributed by atoms with Gasteiger partial charge in [0.15, 0.2) is 0 Å². The van der Waals surface area contributed by atoms with Crippen LogP contribution in [0.2, 0.25) is 0 Å². The Balaban J connectivity index is 1.84. The van der Waals surface area contributed by atoms with Gasteiger partial charge in [-0.15, -0.1) is 10.2 Å². The lowest BCUT2D eigenvalue weighted by atomic mass is 10.3. The Bertz CT molecular complexity index is 589. The van der Waals surface area contributed by atoms with Crippen molar-refractivity contribution in [1.29, 1.82) is 0 Å². The number of amides is 1. The largest absolute Gasteiger partial charge is 0.300 e. The molecule has 0 saturated carbocycles. The van der Waals surface area contributed by atoms with Crippen molar-refractivity contribution in [1.82, 2.24) is 20.0 Å². The van der Waals surface area contributed by atoms with E-state index >= 15 is 0 Å². The molecule has 2 aromatic heterocycles. The summed E-state index contributed by atoms with van der Waals surface area (Å²) in [6, 6.07) is 2.00. The summed E-state index contributed by atoms with van der Waals surface area (Å²) in [7, 11) is 0. The first-order chi connectivity index (χ1) is 9.58. The van der Waals surface area contributed by atoms with E-state index in [1.807, 2.05) is 24.6 Å². The topological polar surface area (TPSA) is 72.7 Å². The Hall–Kier alpha value is -1.76. The van der Waals surface area contributed by atoms with E-state index in [1.54, 1.807) is 0 Å². The summed E-state index contributed by atoms with van der Waals surface area (Å²) in [6.45, 7) is 6.60. The molecule has 1 amide bonds. The molecule has 1 N–H and O–H groups in total. The number of anilines is 1. The number of carbonyl (C=O) groups excluding carboxylic acids is 1. The van der Waals surface area contributed by atoms with Gasteiger partial charge in [-0.1, -0.05) is 18.3 Å². The first kappa shape index (κ1) is 14.6. The fraction of sp³-hybridized carbons (Fsp3) is 0.538. The molecule has 6 nitrogen and oxygen atoms in total. The van der Waals surface area contributed by atoms with Crippen molar-refractivity contribution in [3.05, 3.63) is 22.5 Å². The van der Waals surface area contributed by atoms with Crippen LogP contribution in [0.15, 0.2) is 6.07 Å². The third kappa shape index (κ3) is 3.86. The normalized spacial score (nSPS) is 10.8. The van der Waals surface area contributed by atoms with E-state index in [4.69, 9.17) is 0 Å². The molecule has 108 valence electrons. The second-order valence-corrected chi connectivity index (χ2v) is 5.76. The SMILES string of the molecule is CCCc1nnc(NC(=O)CCn2nc(C)cc2C)s1. The summed E-state index contributed by atoms with van der Waals surface area (Å²) in [5.41, 5.74) is 2.03. The molecule has 0 aliphatic heterocycles. The maximum atomic E-state index is 11.9.